The molecule has 0 spiro atoms. The Kier molecular flexibility index (Phi) is 4.38. The van der Waals surface area contributed by atoms with Gasteiger partial charge in [-0.25, -0.2) is 0 Å². The van der Waals surface area contributed by atoms with E-state index in [1.54, 1.807) is 0 Å². The molecule has 1 aromatic carbocycles. The van der Waals surface area contributed by atoms with Gasteiger partial charge in [-0.2, -0.15) is 0 Å². The lowest BCUT2D eigenvalue weighted by molar-refractivity contribution is 0.142. The molecule has 3 nitrogen and oxygen atoms in total. The summed E-state index contributed by atoms with van der Waals surface area (Å²) in [5.74, 6) is 0. The molecule has 1 atom stereocenters. The van der Waals surface area contributed by atoms with Crippen molar-refractivity contribution in [2.24, 2.45) is 0 Å². The van der Waals surface area contributed by atoms with Crippen LogP contribution in [0.4, 0.5) is 0 Å². The molecule has 0 saturated heterocycles. The van der Waals surface area contributed by atoms with Gasteiger partial charge in [0.05, 0.1) is 6.61 Å². The van der Waals surface area contributed by atoms with E-state index in [1.807, 2.05) is 0 Å². The molecule has 1 aliphatic carbocycles. The largest absolute Gasteiger partial charge is 0.394 e. The summed E-state index contributed by atoms with van der Waals surface area (Å²) >= 11 is 0. The number of likely N-dealkylation sites (N-methyl/N-ethyl adjacent to an activating group) is 1. The fourth-order valence-corrected chi connectivity index (χ4v) is 2.69. The minimum atomic E-state index is -0.121. The molecule has 18 heavy (non-hydrogen) atoms. The molecule has 1 aliphatic rings. The van der Waals surface area contributed by atoms with Crippen LogP contribution in [-0.2, 0) is 12.8 Å². The molecule has 1 aromatic rings. The third kappa shape index (κ3) is 3.10. The zero-order valence-electron chi connectivity index (χ0n) is 11.4. The van der Waals surface area contributed by atoms with Crippen LogP contribution in [0.15, 0.2) is 24.3 Å². The minimum Gasteiger partial charge on any atom is -0.394 e. The Balaban J connectivity index is 2.02. The van der Waals surface area contributed by atoms with Gasteiger partial charge in [0.25, 0.3) is 0 Å². The van der Waals surface area contributed by atoms with Crippen LogP contribution in [0.5, 0.6) is 0 Å². The molecule has 0 bridgehead atoms. The van der Waals surface area contributed by atoms with E-state index in [1.165, 1.54) is 11.1 Å². The maximum absolute atomic E-state index is 9.76. The van der Waals surface area contributed by atoms with E-state index in [4.69, 9.17) is 0 Å². The second kappa shape index (κ2) is 5.83. The molecule has 1 unspecified atom stereocenters. The van der Waals surface area contributed by atoms with Crippen molar-refractivity contribution in [1.29, 1.82) is 0 Å². The van der Waals surface area contributed by atoms with Crippen molar-refractivity contribution in [2.75, 3.05) is 33.8 Å². The quantitative estimate of drug-likeness (QED) is 0.818. The fraction of sp³-hybridized carbons (Fsp3) is 0.600. The van der Waals surface area contributed by atoms with E-state index in [9.17, 15) is 5.11 Å². The number of hydrogen-bond donors (Lipinski definition) is 2. The van der Waals surface area contributed by atoms with Crippen LogP contribution in [0.2, 0.25) is 0 Å². The highest BCUT2D eigenvalue weighted by atomic mass is 16.3. The van der Waals surface area contributed by atoms with Crippen LogP contribution in [-0.4, -0.2) is 49.3 Å². The summed E-state index contributed by atoms with van der Waals surface area (Å²) in [5, 5.41) is 13.3. The lowest BCUT2D eigenvalue weighted by atomic mass is 9.78. The van der Waals surface area contributed by atoms with E-state index in [-0.39, 0.29) is 12.1 Å². The summed E-state index contributed by atoms with van der Waals surface area (Å²) in [6.45, 7) is 2.15. The summed E-state index contributed by atoms with van der Waals surface area (Å²) in [4.78, 5) is 2.16. The summed E-state index contributed by atoms with van der Waals surface area (Å²) in [5.41, 5.74) is 2.70. The Hall–Kier alpha value is -0.900. The van der Waals surface area contributed by atoms with Gasteiger partial charge in [0.1, 0.15) is 0 Å². The van der Waals surface area contributed by atoms with Crippen LogP contribution in [0, 0.1) is 0 Å². The number of nitrogens with one attached hydrogen (secondary N) is 1. The van der Waals surface area contributed by atoms with Gasteiger partial charge in [-0.1, -0.05) is 24.3 Å². The molecular weight excluding hydrogens is 224 g/mol. The third-order valence-corrected chi connectivity index (χ3v) is 3.88. The van der Waals surface area contributed by atoms with E-state index in [0.717, 1.165) is 32.4 Å². The molecule has 2 rings (SSSR count). The van der Waals surface area contributed by atoms with Crippen molar-refractivity contribution in [3.05, 3.63) is 35.4 Å². The van der Waals surface area contributed by atoms with Gasteiger partial charge >= 0.3 is 0 Å². The van der Waals surface area contributed by atoms with Crippen LogP contribution in [0.1, 0.15) is 17.5 Å². The van der Waals surface area contributed by atoms with Gasteiger partial charge in [0, 0.05) is 18.6 Å². The maximum atomic E-state index is 9.76. The van der Waals surface area contributed by atoms with Crippen LogP contribution >= 0.6 is 0 Å². The first-order chi connectivity index (χ1) is 8.65. The van der Waals surface area contributed by atoms with Gasteiger partial charge in [-0.05, 0) is 44.5 Å². The SMILES string of the molecule is CN(C)CCNC1(CO)CCc2ccccc2C1. The van der Waals surface area contributed by atoms with Crippen LogP contribution in [0.25, 0.3) is 0 Å². The second-order valence-corrected chi connectivity index (χ2v) is 5.61. The smallest absolute Gasteiger partial charge is 0.0616 e. The molecule has 0 aliphatic heterocycles. The lowest BCUT2D eigenvalue weighted by Crippen LogP contribution is -2.54. The van der Waals surface area contributed by atoms with Crippen LogP contribution in [0.3, 0.4) is 0 Å². The molecule has 3 heteroatoms. The third-order valence-electron chi connectivity index (χ3n) is 3.88. The average molecular weight is 248 g/mol. The zero-order valence-corrected chi connectivity index (χ0v) is 11.4. The first-order valence-corrected chi connectivity index (χ1v) is 6.73. The number of rotatable bonds is 5. The standard InChI is InChI=1S/C15H24N2O/c1-17(2)10-9-16-15(12-18)8-7-13-5-3-4-6-14(13)11-15/h3-6,16,18H,7-12H2,1-2H3. The summed E-state index contributed by atoms with van der Waals surface area (Å²) in [6, 6.07) is 8.58. The number of benzene rings is 1. The van der Waals surface area contributed by atoms with Gasteiger partial charge < -0.3 is 15.3 Å². The Labute approximate surface area is 110 Å². The molecular formula is C15H24N2O. The highest BCUT2D eigenvalue weighted by Crippen LogP contribution is 2.28. The molecule has 0 saturated carbocycles. The molecule has 2 N–H and O–H groups in total. The van der Waals surface area contributed by atoms with Crippen molar-refractivity contribution in [2.45, 2.75) is 24.8 Å². The second-order valence-electron chi connectivity index (χ2n) is 5.61. The van der Waals surface area contributed by atoms with Gasteiger partial charge in [0.2, 0.25) is 0 Å². The fourth-order valence-electron chi connectivity index (χ4n) is 2.69. The molecule has 0 amide bonds. The number of nitrogens with zero attached hydrogens (tertiary/aromatic N) is 1. The van der Waals surface area contributed by atoms with Gasteiger partial charge in [-0.3, -0.25) is 0 Å². The van der Waals surface area contributed by atoms with Gasteiger partial charge in [-0.15, -0.1) is 0 Å². The maximum Gasteiger partial charge on any atom is 0.0616 e. The predicted molar refractivity (Wildman–Crippen MR) is 74.8 cm³/mol. The summed E-state index contributed by atoms with van der Waals surface area (Å²) in [6.07, 6.45) is 3.02. The summed E-state index contributed by atoms with van der Waals surface area (Å²) < 4.78 is 0. The normalized spacial score (nSPS) is 23.1. The zero-order chi connectivity index (χ0) is 13.0. The number of fused-ring (bicyclic) bond motifs is 1. The van der Waals surface area contributed by atoms with Crippen molar-refractivity contribution in [1.82, 2.24) is 10.2 Å². The Morgan fingerprint density at radius 2 is 2.00 bits per heavy atom. The number of aliphatic hydroxyl groups excluding tert-OH is 1. The van der Waals surface area contributed by atoms with E-state index in [0.29, 0.717) is 0 Å². The Morgan fingerprint density at radius 1 is 1.28 bits per heavy atom. The molecule has 100 valence electrons. The Bertz CT molecular complexity index is 392. The monoisotopic (exact) mass is 248 g/mol. The van der Waals surface area contributed by atoms with Crippen molar-refractivity contribution >= 4 is 0 Å². The van der Waals surface area contributed by atoms with Crippen LogP contribution < -0.4 is 5.32 Å². The number of hydrogen-bond acceptors (Lipinski definition) is 3. The number of aryl methyl sites for hydroxylation is 1. The van der Waals surface area contributed by atoms with E-state index < -0.39 is 0 Å². The first kappa shape index (κ1) is 13.5. The molecule has 0 heterocycles. The lowest BCUT2D eigenvalue weighted by Gasteiger charge is -2.38. The van der Waals surface area contributed by atoms with E-state index >= 15 is 0 Å². The molecule has 0 aromatic heterocycles. The minimum absolute atomic E-state index is 0.121. The average Bonchev–Trinajstić information content (AvgIpc) is 2.38. The number of aliphatic hydroxyl groups is 1. The highest BCUT2D eigenvalue weighted by Gasteiger charge is 2.32. The van der Waals surface area contributed by atoms with Crippen molar-refractivity contribution in [3.8, 4) is 0 Å². The topological polar surface area (TPSA) is 35.5 Å². The van der Waals surface area contributed by atoms with Crippen molar-refractivity contribution < 1.29 is 5.11 Å². The summed E-state index contributed by atoms with van der Waals surface area (Å²) in [7, 11) is 4.15. The van der Waals surface area contributed by atoms with Crippen molar-refractivity contribution in [3.63, 3.8) is 0 Å². The highest BCUT2D eigenvalue weighted by molar-refractivity contribution is 5.32. The van der Waals surface area contributed by atoms with E-state index in [2.05, 4.69) is 48.6 Å². The Morgan fingerprint density at radius 3 is 2.67 bits per heavy atom. The predicted octanol–water partition coefficient (Wildman–Crippen LogP) is 1.06. The first-order valence-electron chi connectivity index (χ1n) is 6.73. The van der Waals surface area contributed by atoms with Gasteiger partial charge in [0.15, 0.2) is 0 Å². The molecule has 0 fully saturated rings. The molecule has 0 radical (unpaired) electrons.